The number of rotatable bonds is 4. The van der Waals surface area contributed by atoms with Gasteiger partial charge in [0.25, 0.3) is 0 Å². The Morgan fingerprint density at radius 3 is 2.65 bits per heavy atom. The first-order valence-corrected chi connectivity index (χ1v) is 9.14. The van der Waals surface area contributed by atoms with Gasteiger partial charge in [-0.25, -0.2) is 4.98 Å². The molecular weight excluding hydrogens is 312 g/mol. The van der Waals surface area contributed by atoms with Gasteiger partial charge in [0.1, 0.15) is 0 Å². The molecule has 1 aromatic rings. The molecule has 0 radical (unpaired) electrons. The van der Waals surface area contributed by atoms with Crippen molar-refractivity contribution in [3.05, 3.63) is 16.1 Å². The van der Waals surface area contributed by atoms with Crippen LogP contribution in [0.1, 0.15) is 24.0 Å². The molecular formula is C16H24N4O2S. The minimum absolute atomic E-state index is 0.114. The standard InChI is InChI=1S/C16H24N4O2S/c1-3-19-9-13(8-15(19)21)16(22)20-6-4-18(5-7-20)10-14-11-23-12(2)17-14/h11,13H,3-10H2,1-2H3. The molecule has 0 aliphatic carbocycles. The molecule has 1 atom stereocenters. The average Bonchev–Trinajstić information content (AvgIpc) is 3.13. The van der Waals surface area contributed by atoms with Gasteiger partial charge in [-0.2, -0.15) is 0 Å². The number of carbonyl (C=O) groups excluding carboxylic acids is 2. The van der Waals surface area contributed by atoms with E-state index in [0.717, 1.165) is 43.4 Å². The van der Waals surface area contributed by atoms with Gasteiger partial charge in [0.2, 0.25) is 11.8 Å². The van der Waals surface area contributed by atoms with E-state index in [4.69, 9.17) is 0 Å². The van der Waals surface area contributed by atoms with Gasteiger partial charge in [0.05, 0.1) is 16.6 Å². The Morgan fingerprint density at radius 2 is 2.09 bits per heavy atom. The summed E-state index contributed by atoms with van der Waals surface area (Å²) in [5, 5.41) is 3.20. The van der Waals surface area contributed by atoms with Crippen molar-refractivity contribution in [3.8, 4) is 0 Å². The second-order valence-corrected chi connectivity index (χ2v) is 7.35. The lowest BCUT2D eigenvalue weighted by molar-refractivity contribution is -0.137. The van der Waals surface area contributed by atoms with E-state index in [-0.39, 0.29) is 17.7 Å². The van der Waals surface area contributed by atoms with Crippen molar-refractivity contribution < 1.29 is 9.59 Å². The van der Waals surface area contributed by atoms with Crippen LogP contribution in [-0.4, -0.2) is 70.8 Å². The van der Waals surface area contributed by atoms with Gasteiger partial charge in [-0.3, -0.25) is 14.5 Å². The number of hydrogen-bond donors (Lipinski definition) is 0. The molecule has 0 spiro atoms. The highest BCUT2D eigenvalue weighted by atomic mass is 32.1. The first-order valence-electron chi connectivity index (χ1n) is 8.26. The number of hydrogen-bond acceptors (Lipinski definition) is 5. The van der Waals surface area contributed by atoms with E-state index in [2.05, 4.69) is 15.3 Å². The normalized spacial score (nSPS) is 22.9. The van der Waals surface area contributed by atoms with Gasteiger partial charge in [-0.15, -0.1) is 11.3 Å². The lowest BCUT2D eigenvalue weighted by atomic mass is 10.1. The highest BCUT2D eigenvalue weighted by Gasteiger charge is 2.36. The maximum atomic E-state index is 12.6. The predicted octanol–water partition coefficient (Wildman–Crippen LogP) is 0.964. The van der Waals surface area contributed by atoms with Crippen LogP contribution in [0.15, 0.2) is 5.38 Å². The summed E-state index contributed by atoms with van der Waals surface area (Å²) in [6.45, 7) is 9.38. The van der Waals surface area contributed by atoms with E-state index >= 15 is 0 Å². The maximum absolute atomic E-state index is 12.6. The zero-order valence-electron chi connectivity index (χ0n) is 13.8. The molecule has 2 fully saturated rings. The van der Waals surface area contributed by atoms with Crippen molar-refractivity contribution in [2.45, 2.75) is 26.8 Å². The highest BCUT2D eigenvalue weighted by Crippen LogP contribution is 2.21. The lowest BCUT2D eigenvalue weighted by Gasteiger charge is -2.35. The van der Waals surface area contributed by atoms with Gasteiger partial charge < -0.3 is 9.80 Å². The number of nitrogens with zero attached hydrogens (tertiary/aromatic N) is 4. The minimum atomic E-state index is -0.143. The summed E-state index contributed by atoms with van der Waals surface area (Å²) in [4.78, 5) is 35.0. The zero-order chi connectivity index (χ0) is 16.4. The third-order valence-corrected chi connectivity index (χ3v) is 5.50. The average molecular weight is 336 g/mol. The van der Waals surface area contributed by atoms with Gasteiger partial charge in [0, 0.05) is 57.6 Å². The Kier molecular flexibility index (Phi) is 4.96. The third-order valence-electron chi connectivity index (χ3n) is 4.68. The van der Waals surface area contributed by atoms with Crippen LogP contribution in [0, 0.1) is 12.8 Å². The second kappa shape index (κ2) is 6.97. The Bertz CT molecular complexity index is 580. The van der Waals surface area contributed by atoms with Crippen LogP contribution >= 0.6 is 11.3 Å². The molecule has 3 rings (SSSR count). The highest BCUT2D eigenvalue weighted by molar-refractivity contribution is 7.09. The Balaban J connectivity index is 1.49. The summed E-state index contributed by atoms with van der Waals surface area (Å²) in [5.74, 6) is 0.122. The van der Waals surface area contributed by atoms with E-state index in [1.165, 1.54) is 0 Å². The molecule has 2 amide bonds. The quantitative estimate of drug-likeness (QED) is 0.822. The van der Waals surface area contributed by atoms with Crippen LogP contribution in [0.2, 0.25) is 0 Å². The summed E-state index contributed by atoms with van der Waals surface area (Å²) in [5.41, 5.74) is 1.12. The third kappa shape index (κ3) is 3.72. The molecule has 7 heteroatoms. The number of piperazine rings is 1. The van der Waals surface area contributed by atoms with Gasteiger partial charge in [-0.1, -0.05) is 0 Å². The van der Waals surface area contributed by atoms with Crippen molar-refractivity contribution in [1.29, 1.82) is 0 Å². The summed E-state index contributed by atoms with van der Waals surface area (Å²) < 4.78 is 0. The lowest BCUT2D eigenvalue weighted by Crippen LogP contribution is -2.50. The molecule has 0 saturated carbocycles. The predicted molar refractivity (Wildman–Crippen MR) is 89.1 cm³/mol. The number of carbonyl (C=O) groups is 2. The van der Waals surface area contributed by atoms with Crippen molar-refractivity contribution in [2.24, 2.45) is 5.92 Å². The molecule has 1 unspecified atom stereocenters. The fraction of sp³-hybridized carbons (Fsp3) is 0.688. The molecule has 2 aliphatic heterocycles. The Morgan fingerprint density at radius 1 is 1.35 bits per heavy atom. The second-order valence-electron chi connectivity index (χ2n) is 6.29. The van der Waals surface area contributed by atoms with Crippen LogP contribution in [-0.2, 0) is 16.1 Å². The van der Waals surface area contributed by atoms with Crippen molar-refractivity contribution in [2.75, 3.05) is 39.3 Å². The largest absolute Gasteiger partial charge is 0.342 e. The Labute approximate surface area is 141 Å². The van der Waals surface area contributed by atoms with Gasteiger partial charge in [-0.05, 0) is 13.8 Å². The Hall–Kier alpha value is -1.47. The fourth-order valence-electron chi connectivity index (χ4n) is 3.34. The first-order chi connectivity index (χ1) is 11.1. The van der Waals surface area contributed by atoms with E-state index < -0.39 is 0 Å². The number of thiazole rings is 1. The molecule has 0 bridgehead atoms. The molecule has 0 N–H and O–H groups in total. The molecule has 6 nitrogen and oxygen atoms in total. The van der Waals surface area contributed by atoms with Crippen molar-refractivity contribution in [3.63, 3.8) is 0 Å². The summed E-state index contributed by atoms with van der Waals surface area (Å²) >= 11 is 1.68. The minimum Gasteiger partial charge on any atom is -0.342 e. The molecule has 3 heterocycles. The molecule has 2 aliphatic rings. The van der Waals surface area contributed by atoms with Crippen LogP contribution in [0.4, 0.5) is 0 Å². The molecule has 2 saturated heterocycles. The fourth-order valence-corrected chi connectivity index (χ4v) is 3.94. The number of aromatic nitrogens is 1. The maximum Gasteiger partial charge on any atom is 0.228 e. The number of aryl methyl sites for hydroxylation is 1. The number of likely N-dealkylation sites (tertiary alicyclic amines) is 1. The van der Waals surface area contributed by atoms with Crippen LogP contribution in [0.3, 0.4) is 0 Å². The number of amides is 2. The smallest absolute Gasteiger partial charge is 0.228 e. The molecule has 126 valence electrons. The van der Waals surface area contributed by atoms with Crippen molar-refractivity contribution >= 4 is 23.2 Å². The zero-order valence-corrected chi connectivity index (χ0v) is 14.6. The van der Waals surface area contributed by atoms with Crippen molar-refractivity contribution in [1.82, 2.24) is 19.7 Å². The van der Waals surface area contributed by atoms with Gasteiger partial charge >= 0.3 is 0 Å². The molecule has 23 heavy (non-hydrogen) atoms. The monoisotopic (exact) mass is 336 g/mol. The summed E-state index contributed by atoms with van der Waals surface area (Å²) in [6, 6.07) is 0. The SMILES string of the molecule is CCN1CC(C(=O)N2CCN(Cc3csc(C)n3)CC2)CC1=O. The van der Waals surface area contributed by atoms with Gasteiger partial charge in [0.15, 0.2) is 0 Å². The van der Waals surface area contributed by atoms with Crippen LogP contribution < -0.4 is 0 Å². The van der Waals surface area contributed by atoms with Crippen LogP contribution in [0.5, 0.6) is 0 Å². The molecule has 0 aromatic carbocycles. The van der Waals surface area contributed by atoms with Crippen LogP contribution in [0.25, 0.3) is 0 Å². The first kappa shape index (κ1) is 16.4. The van der Waals surface area contributed by atoms with E-state index in [9.17, 15) is 9.59 Å². The molecule has 1 aromatic heterocycles. The van der Waals surface area contributed by atoms with E-state index in [1.54, 1.807) is 16.2 Å². The topological polar surface area (TPSA) is 56.8 Å². The van der Waals surface area contributed by atoms with E-state index in [1.807, 2.05) is 18.7 Å². The summed E-state index contributed by atoms with van der Waals surface area (Å²) in [7, 11) is 0. The summed E-state index contributed by atoms with van der Waals surface area (Å²) in [6.07, 6.45) is 0.380. The van der Waals surface area contributed by atoms with E-state index in [0.29, 0.717) is 19.5 Å².